The van der Waals surface area contributed by atoms with Gasteiger partial charge < -0.3 is 18.9 Å². The summed E-state index contributed by atoms with van der Waals surface area (Å²) in [6.07, 6.45) is 3.40. The van der Waals surface area contributed by atoms with Crippen molar-refractivity contribution >= 4 is 12.0 Å². The van der Waals surface area contributed by atoms with E-state index in [-0.39, 0.29) is 5.91 Å². The molecule has 1 aliphatic rings. The van der Waals surface area contributed by atoms with E-state index in [2.05, 4.69) is 16.1 Å². The van der Waals surface area contributed by atoms with Gasteiger partial charge >= 0.3 is 0 Å². The molecule has 4 rings (SSSR count). The molecule has 1 aromatic heterocycles. The number of methoxy groups -OCH3 is 1. The van der Waals surface area contributed by atoms with Crippen LogP contribution in [0.25, 0.3) is 6.08 Å². The quantitative estimate of drug-likeness (QED) is 0.443. The number of carbonyl (C=O) groups is 1. The molecule has 8 nitrogen and oxygen atoms in total. The van der Waals surface area contributed by atoms with Gasteiger partial charge in [-0.15, -0.1) is 0 Å². The fourth-order valence-corrected chi connectivity index (χ4v) is 4.11. The van der Waals surface area contributed by atoms with Crippen LogP contribution in [0.5, 0.6) is 11.5 Å². The van der Waals surface area contributed by atoms with Gasteiger partial charge in [-0.3, -0.25) is 9.69 Å². The first-order valence-electron chi connectivity index (χ1n) is 11.9. The molecule has 8 heteroatoms. The average Bonchev–Trinajstić information content (AvgIpc) is 3.23. The van der Waals surface area contributed by atoms with Gasteiger partial charge in [-0.25, -0.2) is 0 Å². The fourth-order valence-electron chi connectivity index (χ4n) is 4.11. The Bertz CT molecular complexity index is 1250. The molecule has 1 saturated heterocycles. The van der Waals surface area contributed by atoms with E-state index in [1.54, 1.807) is 19.3 Å². The molecule has 1 amide bonds. The molecule has 0 spiro atoms. The minimum Gasteiger partial charge on any atom is -0.493 e. The molecular weight excluding hydrogens is 456 g/mol. The maximum absolute atomic E-state index is 12.7. The second kappa shape index (κ2) is 11.6. The van der Waals surface area contributed by atoms with Gasteiger partial charge in [-0.2, -0.15) is 5.26 Å². The number of hydrogen-bond acceptors (Lipinski definition) is 7. The maximum Gasteiger partial charge on any atom is 0.246 e. The number of amides is 1. The van der Waals surface area contributed by atoms with Crippen LogP contribution in [0.1, 0.15) is 33.7 Å². The van der Waals surface area contributed by atoms with Gasteiger partial charge in [-0.05, 0) is 55.3 Å². The maximum atomic E-state index is 12.7. The van der Waals surface area contributed by atoms with Crippen LogP contribution in [-0.2, 0) is 17.9 Å². The SMILES string of the molecule is COc1cc(C=CC(=O)N2CCN(Cc3ccc(C#N)cc3)CC2)ccc1OCc1c(C)noc1C. The number of rotatable bonds is 8. The molecule has 0 unspecified atom stereocenters. The zero-order valence-corrected chi connectivity index (χ0v) is 20.9. The van der Waals surface area contributed by atoms with Crippen molar-refractivity contribution < 1.29 is 18.8 Å². The Kier molecular flexibility index (Phi) is 8.03. The standard InChI is InChI=1S/C28H30N4O4/c1-20-25(21(2)36-30-20)19-35-26-10-8-22(16-27(26)34-3)9-11-28(33)32-14-12-31(13-15-32)18-24-6-4-23(17-29)5-7-24/h4-11,16H,12-15,18-19H2,1-3H3. The van der Waals surface area contributed by atoms with E-state index < -0.39 is 0 Å². The summed E-state index contributed by atoms with van der Waals surface area (Å²) in [5.74, 6) is 1.93. The first kappa shape index (κ1) is 25.0. The molecule has 0 N–H and O–H groups in total. The van der Waals surface area contributed by atoms with Crippen molar-refractivity contribution in [2.75, 3.05) is 33.3 Å². The van der Waals surface area contributed by atoms with Crippen LogP contribution in [0.4, 0.5) is 0 Å². The molecule has 0 radical (unpaired) electrons. The lowest BCUT2D eigenvalue weighted by Gasteiger charge is -2.34. The minimum atomic E-state index is -0.00859. The number of hydrogen-bond donors (Lipinski definition) is 0. The highest BCUT2D eigenvalue weighted by Gasteiger charge is 2.20. The Morgan fingerprint density at radius 1 is 1.11 bits per heavy atom. The Labute approximate surface area is 211 Å². The summed E-state index contributed by atoms with van der Waals surface area (Å²) in [7, 11) is 1.59. The number of benzene rings is 2. The van der Waals surface area contributed by atoms with Gasteiger partial charge in [-0.1, -0.05) is 23.4 Å². The molecule has 1 fully saturated rings. The van der Waals surface area contributed by atoms with Crippen LogP contribution >= 0.6 is 0 Å². The molecule has 2 heterocycles. The zero-order valence-electron chi connectivity index (χ0n) is 20.9. The van der Waals surface area contributed by atoms with Crippen molar-refractivity contribution in [1.29, 1.82) is 5.26 Å². The van der Waals surface area contributed by atoms with Crippen molar-refractivity contribution in [1.82, 2.24) is 15.0 Å². The van der Waals surface area contributed by atoms with E-state index >= 15 is 0 Å². The zero-order chi connectivity index (χ0) is 25.5. The molecule has 186 valence electrons. The third-order valence-corrected chi connectivity index (χ3v) is 6.33. The first-order chi connectivity index (χ1) is 17.5. The van der Waals surface area contributed by atoms with Gasteiger partial charge in [0.25, 0.3) is 0 Å². The molecule has 2 aromatic carbocycles. The number of nitrogens with zero attached hydrogens (tertiary/aromatic N) is 4. The summed E-state index contributed by atoms with van der Waals surface area (Å²) in [4.78, 5) is 16.9. The van der Waals surface area contributed by atoms with E-state index in [0.717, 1.165) is 42.2 Å². The largest absolute Gasteiger partial charge is 0.493 e. The predicted octanol–water partition coefficient (Wildman–Crippen LogP) is 4.11. The average molecular weight is 487 g/mol. The molecule has 0 aliphatic carbocycles. The Balaban J connectivity index is 1.29. The molecule has 0 bridgehead atoms. The van der Waals surface area contributed by atoms with E-state index in [1.807, 2.05) is 61.2 Å². The summed E-state index contributed by atoms with van der Waals surface area (Å²) >= 11 is 0. The smallest absolute Gasteiger partial charge is 0.246 e. The van der Waals surface area contributed by atoms with Crippen molar-refractivity contribution in [2.45, 2.75) is 27.0 Å². The van der Waals surface area contributed by atoms with E-state index in [1.165, 1.54) is 5.56 Å². The summed E-state index contributed by atoms with van der Waals surface area (Å²) in [5.41, 5.74) is 4.41. The molecule has 0 atom stereocenters. The third-order valence-electron chi connectivity index (χ3n) is 6.33. The van der Waals surface area contributed by atoms with Crippen molar-refractivity contribution in [3.8, 4) is 17.6 Å². The second-order valence-electron chi connectivity index (χ2n) is 8.75. The Morgan fingerprint density at radius 2 is 1.86 bits per heavy atom. The predicted molar refractivity (Wildman–Crippen MR) is 135 cm³/mol. The number of aryl methyl sites for hydroxylation is 2. The lowest BCUT2D eigenvalue weighted by Crippen LogP contribution is -2.47. The summed E-state index contributed by atoms with van der Waals surface area (Å²) in [5, 5.41) is 12.9. The van der Waals surface area contributed by atoms with Crippen LogP contribution in [0.2, 0.25) is 0 Å². The fraction of sp³-hybridized carbons (Fsp3) is 0.321. The van der Waals surface area contributed by atoms with Gasteiger partial charge in [0.15, 0.2) is 11.5 Å². The third kappa shape index (κ3) is 6.12. The number of carbonyl (C=O) groups excluding carboxylic acids is 1. The van der Waals surface area contributed by atoms with Crippen LogP contribution in [0, 0.1) is 25.2 Å². The molecule has 1 aliphatic heterocycles. The number of ether oxygens (including phenoxy) is 2. The normalized spacial score (nSPS) is 14.1. The van der Waals surface area contributed by atoms with Gasteiger partial charge in [0, 0.05) is 38.8 Å². The second-order valence-corrected chi connectivity index (χ2v) is 8.75. The van der Waals surface area contributed by atoms with Crippen molar-refractivity contribution in [3.05, 3.63) is 82.2 Å². The van der Waals surface area contributed by atoms with Crippen molar-refractivity contribution in [2.24, 2.45) is 0 Å². The molecule has 36 heavy (non-hydrogen) atoms. The number of aromatic nitrogens is 1. The lowest BCUT2D eigenvalue weighted by atomic mass is 10.1. The van der Waals surface area contributed by atoms with E-state index in [0.29, 0.717) is 36.8 Å². The molecular formula is C28H30N4O4. The highest BCUT2D eigenvalue weighted by atomic mass is 16.5. The highest BCUT2D eigenvalue weighted by Crippen LogP contribution is 2.30. The van der Waals surface area contributed by atoms with Crippen LogP contribution < -0.4 is 9.47 Å². The first-order valence-corrected chi connectivity index (χ1v) is 11.9. The van der Waals surface area contributed by atoms with Crippen LogP contribution in [-0.4, -0.2) is 54.2 Å². The number of piperazine rings is 1. The van der Waals surface area contributed by atoms with Gasteiger partial charge in [0.05, 0.1) is 30.0 Å². The minimum absolute atomic E-state index is 0.00859. The lowest BCUT2D eigenvalue weighted by molar-refractivity contribution is -0.127. The molecule has 0 saturated carbocycles. The topological polar surface area (TPSA) is 91.8 Å². The molecule has 3 aromatic rings. The van der Waals surface area contributed by atoms with Crippen LogP contribution in [0.3, 0.4) is 0 Å². The summed E-state index contributed by atoms with van der Waals surface area (Å²) in [6.45, 7) is 7.86. The summed E-state index contributed by atoms with van der Waals surface area (Å²) < 4.78 is 16.6. The highest BCUT2D eigenvalue weighted by molar-refractivity contribution is 5.92. The van der Waals surface area contributed by atoms with Crippen molar-refractivity contribution in [3.63, 3.8) is 0 Å². The van der Waals surface area contributed by atoms with E-state index in [9.17, 15) is 4.79 Å². The summed E-state index contributed by atoms with van der Waals surface area (Å²) in [6, 6.07) is 15.4. The van der Waals surface area contributed by atoms with E-state index in [4.69, 9.17) is 19.3 Å². The van der Waals surface area contributed by atoms with Gasteiger partial charge in [0.1, 0.15) is 12.4 Å². The monoisotopic (exact) mass is 486 g/mol. The number of nitriles is 1. The van der Waals surface area contributed by atoms with Gasteiger partial charge in [0.2, 0.25) is 5.91 Å². The Morgan fingerprint density at radius 3 is 2.50 bits per heavy atom. The Hall–Kier alpha value is -4.09. The van der Waals surface area contributed by atoms with Crippen LogP contribution in [0.15, 0.2) is 53.1 Å².